The zero-order valence-electron chi connectivity index (χ0n) is 42.8. The second-order valence-corrected chi connectivity index (χ2v) is 18.4. The summed E-state index contributed by atoms with van der Waals surface area (Å²) in [6, 6.07) is 0. The first-order chi connectivity index (χ1) is 34.1. The third-order valence-electron chi connectivity index (χ3n) is 11.1. The van der Waals surface area contributed by atoms with E-state index in [2.05, 4.69) is 140 Å². The molecule has 6 atom stereocenters. The molecule has 1 saturated heterocycles. The van der Waals surface area contributed by atoms with E-state index in [1.807, 2.05) is 0 Å². The molecule has 0 bridgehead atoms. The zero-order chi connectivity index (χ0) is 51.0. The van der Waals surface area contributed by atoms with Gasteiger partial charge in [-0.05, 0) is 96.3 Å². The molecule has 1 heterocycles. The molecule has 398 valence electrons. The summed E-state index contributed by atoms with van der Waals surface area (Å²) >= 11 is 0. The molecule has 0 aromatic heterocycles. The number of aliphatic hydroxyl groups is 3. The molecule has 0 saturated carbocycles. The van der Waals surface area contributed by atoms with Gasteiger partial charge in [0.05, 0.1) is 19.8 Å². The van der Waals surface area contributed by atoms with Gasteiger partial charge in [-0.15, -0.1) is 0 Å². The van der Waals surface area contributed by atoms with Gasteiger partial charge in [-0.3, -0.25) is 9.35 Å². The number of carbonyl (C=O) groups is 1. The van der Waals surface area contributed by atoms with Crippen LogP contribution in [0.1, 0.15) is 168 Å². The Morgan fingerprint density at radius 2 is 0.943 bits per heavy atom. The van der Waals surface area contributed by atoms with E-state index >= 15 is 0 Å². The monoisotopic (exact) mass is 1000 g/mol. The number of aliphatic hydroxyl groups excluding tert-OH is 3. The van der Waals surface area contributed by atoms with Crippen molar-refractivity contribution in [3.63, 3.8) is 0 Å². The van der Waals surface area contributed by atoms with Crippen molar-refractivity contribution in [3.8, 4) is 0 Å². The standard InChI is InChI=1S/C57H92O12S/c1-3-5-7-9-11-13-15-17-19-21-23-25-26-27-28-30-32-34-36-38-40-42-44-46-53(59)67-51(50-66-57-55(61)56(69-70(62,63)64)54(60)52(48-58)68-57)49-65-47-45-43-41-39-37-35-33-31-29-24-22-20-18-16-14-12-10-8-6-4-2/h5-8,11-14,17-20,23-25,29,33,35,39,41,51-52,54-58,60-61H,3-4,9-10,15-16,21-22,26-28,30-32,34,36-38,40,42-50H2,1-2H3,(H,62,63,64)/b7-5-,8-6-,13-11-,14-12-,19-17-,20-18-,25-23-,29-24-,35-33-,41-39-. The van der Waals surface area contributed by atoms with E-state index in [0.717, 1.165) is 103 Å². The molecular weight excluding hydrogens is 909 g/mol. The van der Waals surface area contributed by atoms with Gasteiger partial charge in [-0.25, -0.2) is 4.18 Å². The Hall–Kier alpha value is -3.50. The Morgan fingerprint density at radius 1 is 0.543 bits per heavy atom. The Balaban J connectivity index is 2.40. The molecule has 6 unspecified atom stereocenters. The van der Waals surface area contributed by atoms with E-state index in [4.69, 9.17) is 18.9 Å². The predicted octanol–water partition coefficient (Wildman–Crippen LogP) is 12.5. The van der Waals surface area contributed by atoms with Crippen LogP contribution in [0.5, 0.6) is 0 Å². The quantitative estimate of drug-likeness (QED) is 0.0197. The second kappa shape index (κ2) is 46.6. The van der Waals surface area contributed by atoms with Crippen molar-refractivity contribution < 1.29 is 56.2 Å². The first kappa shape index (κ1) is 64.5. The summed E-state index contributed by atoms with van der Waals surface area (Å²) in [6.07, 6.45) is 58.1. The molecule has 13 heteroatoms. The summed E-state index contributed by atoms with van der Waals surface area (Å²) < 4.78 is 59.2. The molecule has 1 fully saturated rings. The maximum Gasteiger partial charge on any atom is 0.397 e. The van der Waals surface area contributed by atoms with Gasteiger partial charge in [0.25, 0.3) is 0 Å². The molecule has 0 aromatic carbocycles. The van der Waals surface area contributed by atoms with Crippen LogP contribution < -0.4 is 0 Å². The smallest absolute Gasteiger partial charge is 0.397 e. The lowest BCUT2D eigenvalue weighted by Crippen LogP contribution is -2.60. The van der Waals surface area contributed by atoms with E-state index in [9.17, 15) is 33.1 Å². The normalized spacial score (nSPS) is 20.1. The Bertz CT molecular complexity index is 1670. The van der Waals surface area contributed by atoms with E-state index in [1.165, 1.54) is 38.5 Å². The van der Waals surface area contributed by atoms with Gasteiger partial charge in [0.1, 0.15) is 30.5 Å². The van der Waals surface area contributed by atoms with Gasteiger partial charge in [0.15, 0.2) is 6.29 Å². The minimum Gasteiger partial charge on any atom is -0.457 e. The largest absolute Gasteiger partial charge is 0.457 e. The van der Waals surface area contributed by atoms with E-state index in [1.54, 1.807) is 0 Å². The van der Waals surface area contributed by atoms with Crippen LogP contribution in [0.2, 0.25) is 0 Å². The molecule has 0 aliphatic carbocycles. The number of ether oxygens (including phenoxy) is 4. The molecule has 70 heavy (non-hydrogen) atoms. The minimum atomic E-state index is -5.08. The summed E-state index contributed by atoms with van der Waals surface area (Å²) in [5, 5.41) is 30.8. The highest BCUT2D eigenvalue weighted by Crippen LogP contribution is 2.26. The lowest BCUT2D eigenvalue weighted by atomic mass is 9.99. The molecule has 1 rings (SSSR count). The number of esters is 1. The fourth-order valence-electron chi connectivity index (χ4n) is 7.21. The topological polar surface area (TPSA) is 178 Å². The Morgan fingerprint density at radius 3 is 1.37 bits per heavy atom. The highest BCUT2D eigenvalue weighted by molar-refractivity contribution is 7.80. The second-order valence-electron chi connectivity index (χ2n) is 17.3. The Kier molecular flexibility index (Phi) is 42.9. The SMILES string of the molecule is CC/C=C\C/C=C\C/C=C\C/C=C\C/C=C\C/C=C\CCCOCC(COC1OC(CO)C(O)C(OS(=O)(=O)O)C1O)OC(=O)CCCCCCCCCCCC/C=C\C/C=C\C/C=C\C/C=C\CC. The number of allylic oxidation sites excluding steroid dienone is 20. The predicted molar refractivity (Wildman–Crippen MR) is 284 cm³/mol. The van der Waals surface area contributed by atoms with Crippen molar-refractivity contribution in [1.82, 2.24) is 0 Å². The lowest BCUT2D eigenvalue weighted by molar-refractivity contribution is -0.301. The number of rotatable bonds is 44. The van der Waals surface area contributed by atoms with Crippen LogP contribution in [-0.2, 0) is 38.3 Å². The van der Waals surface area contributed by atoms with E-state index in [0.29, 0.717) is 13.0 Å². The van der Waals surface area contributed by atoms with Gasteiger partial charge in [0, 0.05) is 13.0 Å². The molecule has 0 aromatic rings. The van der Waals surface area contributed by atoms with Crippen molar-refractivity contribution in [2.75, 3.05) is 26.4 Å². The number of carbonyl (C=O) groups excluding carboxylic acids is 1. The molecule has 0 spiro atoms. The van der Waals surface area contributed by atoms with E-state index < -0.39 is 59.8 Å². The number of unbranched alkanes of at least 4 members (excludes halogenated alkanes) is 11. The van der Waals surface area contributed by atoms with Gasteiger partial charge in [0.2, 0.25) is 0 Å². The molecule has 1 aliphatic rings. The molecule has 0 radical (unpaired) electrons. The Labute approximate surface area is 423 Å². The van der Waals surface area contributed by atoms with Gasteiger partial charge in [-0.1, -0.05) is 187 Å². The van der Waals surface area contributed by atoms with Crippen molar-refractivity contribution in [2.45, 2.75) is 205 Å². The van der Waals surface area contributed by atoms with Crippen molar-refractivity contribution in [2.24, 2.45) is 0 Å². The molecule has 4 N–H and O–H groups in total. The van der Waals surface area contributed by atoms with E-state index in [-0.39, 0.29) is 19.6 Å². The average Bonchev–Trinajstić information content (AvgIpc) is 3.34. The molecular formula is C57H92O12S. The van der Waals surface area contributed by atoms with Crippen LogP contribution in [0.4, 0.5) is 0 Å². The summed E-state index contributed by atoms with van der Waals surface area (Å²) in [4.78, 5) is 12.9. The van der Waals surface area contributed by atoms with Crippen LogP contribution in [0.3, 0.4) is 0 Å². The van der Waals surface area contributed by atoms with Crippen LogP contribution in [0.25, 0.3) is 0 Å². The van der Waals surface area contributed by atoms with Gasteiger partial charge < -0.3 is 34.3 Å². The maximum absolute atomic E-state index is 12.9. The summed E-state index contributed by atoms with van der Waals surface area (Å²) in [7, 11) is -5.08. The molecule has 0 amide bonds. The number of hydrogen-bond donors (Lipinski definition) is 4. The van der Waals surface area contributed by atoms with Gasteiger partial charge >= 0.3 is 16.4 Å². The lowest BCUT2D eigenvalue weighted by Gasteiger charge is -2.41. The van der Waals surface area contributed by atoms with Gasteiger partial charge in [-0.2, -0.15) is 8.42 Å². The maximum atomic E-state index is 12.9. The highest BCUT2D eigenvalue weighted by Gasteiger charge is 2.48. The number of hydrogen-bond acceptors (Lipinski definition) is 11. The van der Waals surface area contributed by atoms with Crippen LogP contribution in [0, 0.1) is 0 Å². The third-order valence-corrected chi connectivity index (χ3v) is 11.5. The average molecular weight is 1000 g/mol. The summed E-state index contributed by atoms with van der Waals surface area (Å²) in [6.45, 7) is 3.59. The minimum absolute atomic E-state index is 0.0141. The van der Waals surface area contributed by atoms with Crippen LogP contribution in [-0.4, -0.2) is 97.5 Å². The fraction of sp³-hybridized carbons (Fsp3) is 0.632. The molecule has 12 nitrogen and oxygen atoms in total. The van der Waals surface area contributed by atoms with Crippen LogP contribution >= 0.6 is 0 Å². The van der Waals surface area contributed by atoms with Crippen molar-refractivity contribution in [1.29, 1.82) is 0 Å². The first-order valence-electron chi connectivity index (χ1n) is 26.3. The van der Waals surface area contributed by atoms with Crippen molar-refractivity contribution in [3.05, 3.63) is 122 Å². The summed E-state index contributed by atoms with van der Waals surface area (Å²) in [5.74, 6) is -0.429. The first-order valence-corrected chi connectivity index (χ1v) is 27.7. The van der Waals surface area contributed by atoms with Crippen molar-refractivity contribution >= 4 is 16.4 Å². The highest BCUT2D eigenvalue weighted by atomic mass is 32.3. The fourth-order valence-corrected chi connectivity index (χ4v) is 7.72. The zero-order valence-corrected chi connectivity index (χ0v) is 43.6. The summed E-state index contributed by atoms with van der Waals surface area (Å²) in [5.41, 5.74) is 0. The third kappa shape index (κ3) is 39.2. The molecule has 1 aliphatic heterocycles. The van der Waals surface area contributed by atoms with Crippen LogP contribution in [0.15, 0.2) is 122 Å².